The summed E-state index contributed by atoms with van der Waals surface area (Å²) in [4.78, 5) is 33.2. The van der Waals surface area contributed by atoms with Gasteiger partial charge in [-0.25, -0.2) is 14.2 Å². The molecule has 1 aliphatic heterocycles. The van der Waals surface area contributed by atoms with E-state index in [9.17, 15) is 14.0 Å². The highest BCUT2D eigenvalue weighted by atomic mass is 32.1. The van der Waals surface area contributed by atoms with Crippen molar-refractivity contribution in [1.29, 1.82) is 0 Å². The van der Waals surface area contributed by atoms with E-state index >= 15 is 0 Å². The van der Waals surface area contributed by atoms with Crippen LogP contribution >= 0.6 is 11.3 Å². The molecule has 0 spiro atoms. The average molecular weight is 469 g/mol. The number of benzene rings is 2. The summed E-state index contributed by atoms with van der Waals surface area (Å²) < 4.78 is 18.1. The van der Waals surface area contributed by atoms with Gasteiger partial charge in [0.2, 0.25) is 5.91 Å². The summed E-state index contributed by atoms with van der Waals surface area (Å²) in [5.74, 6) is -0.735. The number of piperazine rings is 1. The van der Waals surface area contributed by atoms with Crippen molar-refractivity contribution in [2.75, 3.05) is 49.5 Å². The molecule has 1 aromatic heterocycles. The molecule has 0 radical (unpaired) electrons. The van der Waals surface area contributed by atoms with E-state index in [1.807, 2.05) is 5.38 Å². The zero-order chi connectivity index (χ0) is 23.2. The molecule has 33 heavy (non-hydrogen) atoms. The first-order valence-electron chi connectivity index (χ1n) is 10.8. The number of halogens is 1. The highest BCUT2D eigenvalue weighted by molar-refractivity contribution is 7.14. The van der Waals surface area contributed by atoms with Gasteiger partial charge in [0.15, 0.2) is 5.13 Å². The molecule has 0 bridgehead atoms. The lowest BCUT2D eigenvalue weighted by Crippen LogP contribution is -2.48. The van der Waals surface area contributed by atoms with Gasteiger partial charge in [-0.3, -0.25) is 9.69 Å². The van der Waals surface area contributed by atoms with Crippen molar-refractivity contribution >= 4 is 34.0 Å². The summed E-state index contributed by atoms with van der Waals surface area (Å²) >= 11 is 1.57. The molecule has 4 rings (SSSR count). The summed E-state index contributed by atoms with van der Waals surface area (Å²) in [6.45, 7) is 5.43. The van der Waals surface area contributed by atoms with Gasteiger partial charge in [0, 0.05) is 42.8 Å². The minimum atomic E-state index is -0.377. The number of amides is 1. The summed E-state index contributed by atoms with van der Waals surface area (Å²) in [5.41, 5.74) is 2.83. The number of anilines is 2. The van der Waals surface area contributed by atoms with Crippen LogP contribution in [0.15, 0.2) is 53.9 Å². The van der Waals surface area contributed by atoms with Gasteiger partial charge in [0.1, 0.15) is 5.82 Å². The molecule has 0 aliphatic carbocycles. The van der Waals surface area contributed by atoms with Crippen molar-refractivity contribution in [2.24, 2.45) is 0 Å². The first-order chi connectivity index (χ1) is 16.0. The maximum atomic E-state index is 13.1. The lowest BCUT2D eigenvalue weighted by molar-refractivity contribution is -0.117. The molecule has 0 saturated carbocycles. The molecule has 9 heteroatoms. The largest absolute Gasteiger partial charge is 0.462 e. The minimum Gasteiger partial charge on any atom is -0.462 e. The van der Waals surface area contributed by atoms with Crippen LogP contribution in [-0.2, 0) is 9.53 Å². The van der Waals surface area contributed by atoms with Crippen molar-refractivity contribution in [2.45, 2.75) is 6.92 Å². The standard InChI is InChI=1S/C24H25FN4O3S/c1-2-32-23(31)18-5-9-20(10-6-18)26-22(30)15-28-11-13-29(14-12-28)24-27-21(16-33-24)17-3-7-19(25)8-4-17/h3-10,16H,2,11-15H2,1H3,(H,26,30). The zero-order valence-corrected chi connectivity index (χ0v) is 19.1. The summed E-state index contributed by atoms with van der Waals surface area (Å²) in [7, 11) is 0. The van der Waals surface area contributed by atoms with Gasteiger partial charge in [0.25, 0.3) is 0 Å². The number of nitrogens with zero attached hydrogens (tertiary/aromatic N) is 3. The van der Waals surface area contributed by atoms with Crippen LogP contribution in [0, 0.1) is 5.82 Å². The molecule has 3 aromatic rings. The van der Waals surface area contributed by atoms with Crippen LogP contribution in [0.2, 0.25) is 0 Å². The number of rotatable bonds is 7. The number of carbonyl (C=O) groups excluding carboxylic acids is 2. The number of carbonyl (C=O) groups is 2. The first kappa shape index (κ1) is 22.9. The molecule has 1 saturated heterocycles. The molecule has 1 N–H and O–H groups in total. The smallest absolute Gasteiger partial charge is 0.338 e. The van der Waals surface area contributed by atoms with Crippen LogP contribution in [0.4, 0.5) is 15.2 Å². The Kier molecular flexibility index (Phi) is 7.31. The topological polar surface area (TPSA) is 74.8 Å². The Bertz CT molecular complexity index is 1090. The zero-order valence-electron chi connectivity index (χ0n) is 18.3. The van der Waals surface area contributed by atoms with Crippen molar-refractivity contribution in [3.05, 3.63) is 65.3 Å². The molecule has 1 aliphatic rings. The van der Waals surface area contributed by atoms with Crippen molar-refractivity contribution in [3.63, 3.8) is 0 Å². The first-order valence-corrected chi connectivity index (χ1v) is 11.7. The maximum Gasteiger partial charge on any atom is 0.338 e. The summed E-state index contributed by atoms with van der Waals surface area (Å²) in [6, 6.07) is 13.0. The molecule has 172 valence electrons. The monoisotopic (exact) mass is 468 g/mol. The second kappa shape index (κ2) is 10.5. The van der Waals surface area contributed by atoms with Gasteiger partial charge in [-0.2, -0.15) is 0 Å². The predicted octanol–water partition coefficient (Wildman–Crippen LogP) is 3.89. The van der Waals surface area contributed by atoms with E-state index in [-0.39, 0.29) is 17.7 Å². The Morgan fingerprint density at radius 1 is 1.06 bits per heavy atom. The predicted molar refractivity (Wildman–Crippen MR) is 127 cm³/mol. The van der Waals surface area contributed by atoms with Gasteiger partial charge < -0.3 is 15.0 Å². The van der Waals surface area contributed by atoms with E-state index < -0.39 is 0 Å². The van der Waals surface area contributed by atoms with Gasteiger partial charge in [-0.15, -0.1) is 11.3 Å². The second-order valence-corrected chi connectivity index (χ2v) is 8.47. The molecule has 1 fully saturated rings. The SMILES string of the molecule is CCOC(=O)c1ccc(NC(=O)CN2CCN(c3nc(-c4ccc(F)cc4)cs3)CC2)cc1. The molecule has 2 aromatic carbocycles. The maximum absolute atomic E-state index is 13.1. The highest BCUT2D eigenvalue weighted by Gasteiger charge is 2.21. The van der Waals surface area contributed by atoms with E-state index in [1.54, 1.807) is 54.7 Å². The number of nitrogens with one attached hydrogen (secondary N) is 1. The van der Waals surface area contributed by atoms with E-state index in [0.717, 1.165) is 42.6 Å². The number of hydrogen-bond donors (Lipinski definition) is 1. The number of ether oxygens (including phenoxy) is 1. The van der Waals surface area contributed by atoms with Gasteiger partial charge >= 0.3 is 5.97 Å². The fraction of sp³-hybridized carbons (Fsp3) is 0.292. The van der Waals surface area contributed by atoms with Crippen LogP contribution in [0.5, 0.6) is 0 Å². The Hall–Kier alpha value is -3.30. The van der Waals surface area contributed by atoms with Gasteiger partial charge in [0.05, 0.1) is 24.4 Å². The average Bonchev–Trinajstić information content (AvgIpc) is 3.31. The summed E-state index contributed by atoms with van der Waals surface area (Å²) in [6.07, 6.45) is 0. The minimum absolute atomic E-state index is 0.0971. The summed E-state index contributed by atoms with van der Waals surface area (Å²) in [5, 5.41) is 5.78. The molecule has 1 amide bonds. The number of thiazole rings is 1. The van der Waals surface area contributed by atoms with E-state index in [0.29, 0.717) is 24.4 Å². The van der Waals surface area contributed by atoms with Crippen LogP contribution in [0.1, 0.15) is 17.3 Å². The Labute approximate surface area is 195 Å². The fourth-order valence-corrected chi connectivity index (χ4v) is 4.46. The fourth-order valence-electron chi connectivity index (χ4n) is 3.57. The van der Waals surface area contributed by atoms with Crippen molar-refractivity contribution < 1.29 is 18.7 Å². The lowest BCUT2D eigenvalue weighted by atomic mass is 10.2. The normalized spacial score (nSPS) is 14.2. The second-order valence-electron chi connectivity index (χ2n) is 7.63. The lowest BCUT2D eigenvalue weighted by Gasteiger charge is -2.34. The van der Waals surface area contributed by atoms with E-state index in [1.165, 1.54) is 12.1 Å². The van der Waals surface area contributed by atoms with E-state index in [2.05, 4.69) is 15.1 Å². The molecule has 7 nitrogen and oxygen atoms in total. The van der Waals surface area contributed by atoms with Gasteiger partial charge in [-0.05, 0) is 55.5 Å². The third-order valence-electron chi connectivity index (χ3n) is 5.32. The number of esters is 1. The quantitative estimate of drug-likeness (QED) is 0.531. The Morgan fingerprint density at radius 2 is 1.76 bits per heavy atom. The number of hydrogen-bond acceptors (Lipinski definition) is 7. The van der Waals surface area contributed by atoms with E-state index in [4.69, 9.17) is 9.72 Å². The van der Waals surface area contributed by atoms with Gasteiger partial charge in [-0.1, -0.05) is 0 Å². The molecule has 2 heterocycles. The Balaban J connectivity index is 1.25. The highest BCUT2D eigenvalue weighted by Crippen LogP contribution is 2.28. The molecule has 0 atom stereocenters. The third kappa shape index (κ3) is 5.94. The van der Waals surface area contributed by atoms with Crippen LogP contribution in [0.25, 0.3) is 11.3 Å². The molecular formula is C24H25FN4O3S. The van der Waals surface area contributed by atoms with Crippen LogP contribution in [-0.4, -0.2) is 61.1 Å². The van der Waals surface area contributed by atoms with Crippen LogP contribution in [0.3, 0.4) is 0 Å². The van der Waals surface area contributed by atoms with Crippen molar-refractivity contribution in [3.8, 4) is 11.3 Å². The van der Waals surface area contributed by atoms with Crippen LogP contribution < -0.4 is 10.2 Å². The molecular weight excluding hydrogens is 443 g/mol. The third-order valence-corrected chi connectivity index (χ3v) is 6.22. The van der Waals surface area contributed by atoms with Crippen molar-refractivity contribution in [1.82, 2.24) is 9.88 Å². The Morgan fingerprint density at radius 3 is 2.42 bits per heavy atom. The number of aromatic nitrogens is 1. The molecule has 0 unspecified atom stereocenters.